The second-order valence-electron chi connectivity index (χ2n) is 3.76. The van der Waals surface area contributed by atoms with Crippen molar-refractivity contribution in [1.29, 1.82) is 0 Å². The lowest BCUT2D eigenvalue weighted by molar-refractivity contribution is -0.142. The summed E-state index contributed by atoms with van der Waals surface area (Å²) < 4.78 is 9.96. The van der Waals surface area contributed by atoms with Crippen LogP contribution in [0.4, 0.5) is 0 Å². The Kier molecular flexibility index (Phi) is 6.05. The second kappa shape index (κ2) is 7.09. The fourth-order valence-electron chi connectivity index (χ4n) is 1.10. The Morgan fingerprint density at radius 2 is 2.33 bits per heavy atom. The predicted octanol–water partition coefficient (Wildman–Crippen LogP) is 0.994. The molecule has 0 bridgehead atoms. The minimum Gasteiger partial charge on any atom is -0.468 e. The molecule has 1 fully saturated rings. The van der Waals surface area contributed by atoms with Crippen LogP contribution in [0.2, 0.25) is 0 Å². The summed E-state index contributed by atoms with van der Waals surface area (Å²) in [4.78, 5) is 10.9. The van der Waals surface area contributed by atoms with E-state index < -0.39 is 6.04 Å². The van der Waals surface area contributed by atoms with E-state index in [1.807, 2.05) is 0 Å². The van der Waals surface area contributed by atoms with Gasteiger partial charge in [-0.2, -0.15) is 0 Å². The Morgan fingerprint density at radius 1 is 1.60 bits per heavy atom. The fourth-order valence-corrected chi connectivity index (χ4v) is 1.85. The highest BCUT2D eigenvalue weighted by Crippen LogP contribution is 2.29. The van der Waals surface area contributed by atoms with Crippen molar-refractivity contribution in [3.05, 3.63) is 0 Å². The molecule has 4 nitrogen and oxygen atoms in total. The number of hydrogen-bond acceptors (Lipinski definition) is 5. The largest absolute Gasteiger partial charge is 0.468 e. The van der Waals surface area contributed by atoms with E-state index in [1.165, 1.54) is 20.0 Å². The van der Waals surface area contributed by atoms with Gasteiger partial charge in [-0.25, -0.2) is 0 Å². The van der Waals surface area contributed by atoms with Crippen molar-refractivity contribution in [3.63, 3.8) is 0 Å². The van der Waals surface area contributed by atoms with Crippen molar-refractivity contribution < 1.29 is 14.3 Å². The molecule has 1 rings (SSSR count). The zero-order chi connectivity index (χ0) is 11.1. The monoisotopic (exact) mass is 233 g/mol. The van der Waals surface area contributed by atoms with Crippen LogP contribution in [-0.2, 0) is 14.3 Å². The van der Waals surface area contributed by atoms with Crippen molar-refractivity contribution in [2.75, 3.05) is 25.4 Å². The number of thioether (sulfide) groups is 1. The van der Waals surface area contributed by atoms with Gasteiger partial charge in [0.25, 0.3) is 0 Å². The molecule has 2 N–H and O–H groups in total. The maximum Gasteiger partial charge on any atom is 0.322 e. The molecule has 1 unspecified atom stereocenters. The highest BCUT2D eigenvalue weighted by atomic mass is 32.2. The molecular weight excluding hydrogens is 214 g/mol. The molecule has 0 radical (unpaired) electrons. The lowest BCUT2D eigenvalue weighted by atomic mass is 10.2. The summed E-state index contributed by atoms with van der Waals surface area (Å²) >= 11 is 1.67. The van der Waals surface area contributed by atoms with Crippen LogP contribution in [0.25, 0.3) is 0 Å². The normalized spacial score (nSPS) is 17.5. The summed E-state index contributed by atoms with van der Waals surface area (Å²) in [6.07, 6.45) is 3.28. The Balaban J connectivity index is 1.84. The minimum atomic E-state index is -0.495. The Bertz CT molecular complexity index is 197. The van der Waals surface area contributed by atoms with Gasteiger partial charge < -0.3 is 15.2 Å². The molecule has 0 amide bonds. The quantitative estimate of drug-likeness (QED) is 0.385. The lowest BCUT2D eigenvalue weighted by Crippen LogP contribution is -2.32. The van der Waals surface area contributed by atoms with Gasteiger partial charge in [0.1, 0.15) is 6.04 Å². The van der Waals surface area contributed by atoms with Gasteiger partial charge >= 0.3 is 5.97 Å². The number of nitrogens with two attached hydrogens (primary N) is 1. The summed E-state index contributed by atoms with van der Waals surface area (Å²) in [5.74, 6) is 2.00. The number of carbonyl (C=O) groups is 1. The second-order valence-corrected chi connectivity index (χ2v) is 4.81. The van der Waals surface area contributed by atoms with Crippen molar-refractivity contribution in [1.82, 2.24) is 0 Å². The van der Waals surface area contributed by atoms with Crippen LogP contribution < -0.4 is 5.73 Å². The Labute approximate surface area is 94.9 Å². The van der Waals surface area contributed by atoms with Gasteiger partial charge in [-0.05, 0) is 30.9 Å². The SMILES string of the molecule is COC(=O)C(N)CCSCOCC1CC1. The third-order valence-electron chi connectivity index (χ3n) is 2.29. The van der Waals surface area contributed by atoms with Crippen LogP contribution in [-0.4, -0.2) is 37.4 Å². The number of esters is 1. The first kappa shape index (κ1) is 12.8. The lowest BCUT2D eigenvalue weighted by Gasteiger charge is -2.08. The molecule has 1 saturated carbocycles. The molecule has 0 heterocycles. The molecular formula is C10H19NO3S. The Hall–Kier alpha value is -0.260. The van der Waals surface area contributed by atoms with E-state index in [9.17, 15) is 4.79 Å². The molecule has 1 atom stereocenters. The smallest absolute Gasteiger partial charge is 0.322 e. The highest BCUT2D eigenvalue weighted by Gasteiger charge is 2.20. The molecule has 1 aliphatic carbocycles. The predicted molar refractivity (Wildman–Crippen MR) is 60.6 cm³/mol. The van der Waals surface area contributed by atoms with E-state index in [-0.39, 0.29) is 5.97 Å². The fraction of sp³-hybridized carbons (Fsp3) is 0.900. The summed E-state index contributed by atoms with van der Waals surface area (Å²) in [5, 5.41) is 0. The van der Waals surface area contributed by atoms with Crippen LogP contribution in [0.15, 0.2) is 0 Å². The number of ether oxygens (including phenoxy) is 2. The molecule has 0 spiro atoms. The average molecular weight is 233 g/mol. The van der Waals surface area contributed by atoms with Crippen LogP contribution in [0, 0.1) is 5.92 Å². The molecule has 5 heteroatoms. The maximum atomic E-state index is 10.9. The van der Waals surface area contributed by atoms with E-state index in [0.717, 1.165) is 18.3 Å². The third-order valence-corrected chi connectivity index (χ3v) is 3.15. The minimum absolute atomic E-state index is 0.338. The number of rotatable bonds is 8. The van der Waals surface area contributed by atoms with Gasteiger partial charge in [-0.3, -0.25) is 4.79 Å². The zero-order valence-electron chi connectivity index (χ0n) is 9.11. The van der Waals surface area contributed by atoms with Crippen molar-refractivity contribution in [2.45, 2.75) is 25.3 Å². The van der Waals surface area contributed by atoms with Gasteiger partial charge in [0, 0.05) is 0 Å². The van der Waals surface area contributed by atoms with Crippen molar-refractivity contribution in [3.8, 4) is 0 Å². The van der Waals surface area contributed by atoms with E-state index in [1.54, 1.807) is 11.8 Å². The van der Waals surface area contributed by atoms with Crippen molar-refractivity contribution >= 4 is 17.7 Å². The van der Waals surface area contributed by atoms with Gasteiger partial charge in [0.2, 0.25) is 0 Å². The first-order valence-electron chi connectivity index (χ1n) is 5.23. The highest BCUT2D eigenvalue weighted by molar-refractivity contribution is 7.99. The molecule has 0 aromatic heterocycles. The Morgan fingerprint density at radius 3 is 2.93 bits per heavy atom. The van der Waals surface area contributed by atoms with E-state index in [0.29, 0.717) is 12.4 Å². The van der Waals surface area contributed by atoms with Gasteiger partial charge in [0.05, 0.1) is 19.7 Å². The summed E-state index contributed by atoms with van der Waals surface area (Å²) in [5.41, 5.74) is 5.57. The van der Waals surface area contributed by atoms with Crippen LogP contribution >= 0.6 is 11.8 Å². The molecule has 88 valence electrons. The topological polar surface area (TPSA) is 61.5 Å². The summed E-state index contributed by atoms with van der Waals surface area (Å²) in [6.45, 7) is 0.885. The zero-order valence-corrected chi connectivity index (χ0v) is 9.92. The van der Waals surface area contributed by atoms with Gasteiger partial charge in [-0.1, -0.05) is 0 Å². The van der Waals surface area contributed by atoms with E-state index >= 15 is 0 Å². The van der Waals surface area contributed by atoms with Crippen LogP contribution in [0.5, 0.6) is 0 Å². The van der Waals surface area contributed by atoms with E-state index in [2.05, 4.69) is 4.74 Å². The van der Waals surface area contributed by atoms with Crippen LogP contribution in [0.1, 0.15) is 19.3 Å². The molecule has 0 aliphatic heterocycles. The van der Waals surface area contributed by atoms with Crippen LogP contribution in [0.3, 0.4) is 0 Å². The summed E-state index contributed by atoms with van der Waals surface area (Å²) in [7, 11) is 1.36. The first-order chi connectivity index (χ1) is 7.24. The third kappa shape index (κ3) is 6.02. The number of hydrogen-bond donors (Lipinski definition) is 1. The maximum absolute atomic E-state index is 10.9. The van der Waals surface area contributed by atoms with Crippen molar-refractivity contribution in [2.24, 2.45) is 11.7 Å². The van der Waals surface area contributed by atoms with Gasteiger partial charge in [-0.15, -0.1) is 11.8 Å². The molecule has 1 aliphatic rings. The number of methoxy groups -OCH3 is 1. The summed E-state index contributed by atoms with van der Waals surface area (Å²) in [6, 6.07) is -0.495. The molecule has 0 aromatic carbocycles. The molecule has 0 aromatic rings. The molecule has 15 heavy (non-hydrogen) atoms. The number of carbonyl (C=O) groups excluding carboxylic acids is 1. The first-order valence-corrected chi connectivity index (χ1v) is 6.38. The van der Waals surface area contributed by atoms with E-state index in [4.69, 9.17) is 10.5 Å². The standard InChI is InChI=1S/C10H19NO3S/c1-13-10(12)9(11)4-5-15-7-14-6-8-2-3-8/h8-9H,2-7,11H2,1H3. The molecule has 0 saturated heterocycles. The average Bonchev–Trinajstić information content (AvgIpc) is 3.05. The van der Waals surface area contributed by atoms with Gasteiger partial charge in [0.15, 0.2) is 0 Å².